The van der Waals surface area contributed by atoms with Gasteiger partial charge in [-0.25, -0.2) is 0 Å². The zero-order valence-electron chi connectivity index (χ0n) is 7.57. The van der Waals surface area contributed by atoms with Crippen LogP contribution >= 0.6 is 0 Å². The number of benzene rings is 1. The van der Waals surface area contributed by atoms with E-state index in [1.165, 1.54) is 0 Å². The van der Waals surface area contributed by atoms with Crippen molar-refractivity contribution in [1.82, 2.24) is 0 Å². The molecule has 0 unspecified atom stereocenters. The van der Waals surface area contributed by atoms with E-state index in [4.69, 9.17) is 4.74 Å². The van der Waals surface area contributed by atoms with Crippen molar-refractivity contribution in [3.05, 3.63) is 42.5 Å². The molecule has 1 aromatic rings. The van der Waals surface area contributed by atoms with Crippen LogP contribution in [0.15, 0.2) is 42.5 Å². The molecule has 0 spiro atoms. The number of hydrogen-bond acceptors (Lipinski definition) is 2. The molecule has 0 aliphatic heterocycles. The number of ether oxygens (including phenoxy) is 1. The minimum Gasteiger partial charge on any atom is -0.426 e. The highest BCUT2D eigenvalue weighted by Gasteiger charge is 2.00. The average Bonchev–Trinajstić information content (AvgIpc) is 2.16. The van der Waals surface area contributed by atoms with Gasteiger partial charge in [0, 0.05) is 0 Å². The SMILES string of the molecule is C/C=C/CC(=O)Oc1ccccc1. The van der Waals surface area contributed by atoms with Crippen molar-refractivity contribution in [3.63, 3.8) is 0 Å². The van der Waals surface area contributed by atoms with E-state index in [-0.39, 0.29) is 5.97 Å². The van der Waals surface area contributed by atoms with Crippen LogP contribution in [0.2, 0.25) is 0 Å². The van der Waals surface area contributed by atoms with E-state index in [9.17, 15) is 4.79 Å². The van der Waals surface area contributed by atoms with Gasteiger partial charge in [-0.1, -0.05) is 30.4 Å². The quantitative estimate of drug-likeness (QED) is 0.402. The monoisotopic (exact) mass is 176 g/mol. The van der Waals surface area contributed by atoms with Crippen LogP contribution < -0.4 is 4.74 Å². The van der Waals surface area contributed by atoms with Crippen LogP contribution in [0.5, 0.6) is 5.75 Å². The number of rotatable bonds is 3. The van der Waals surface area contributed by atoms with Gasteiger partial charge in [0.05, 0.1) is 6.42 Å². The second-order valence-corrected chi connectivity index (χ2v) is 2.56. The highest BCUT2D eigenvalue weighted by Crippen LogP contribution is 2.09. The number of hydrogen-bond donors (Lipinski definition) is 0. The van der Waals surface area contributed by atoms with Crippen LogP contribution in [0.25, 0.3) is 0 Å². The molecule has 0 saturated heterocycles. The average molecular weight is 176 g/mol. The van der Waals surface area contributed by atoms with Crippen LogP contribution in [-0.4, -0.2) is 5.97 Å². The third kappa shape index (κ3) is 3.56. The maximum atomic E-state index is 11.1. The van der Waals surface area contributed by atoms with E-state index in [2.05, 4.69) is 0 Å². The first-order valence-electron chi connectivity index (χ1n) is 4.20. The van der Waals surface area contributed by atoms with Crippen molar-refractivity contribution in [2.24, 2.45) is 0 Å². The summed E-state index contributed by atoms with van der Waals surface area (Å²) in [5.41, 5.74) is 0. The Morgan fingerprint density at radius 2 is 2.08 bits per heavy atom. The molecule has 2 heteroatoms. The summed E-state index contributed by atoms with van der Waals surface area (Å²) < 4.78 is 5.03. The molecule has 0 aliphatic rings. The molecular formula is C11H12O2. The summed E-state index contributed by atoms with van der Waals surface area (Å²) in [6, 6.07) is 9.06. The van der Waals surface area contributed by atoms with E-state index in [1.54, 1.807) is 18.2 Å². The summed E-state index contributed by atoms with van der Waals surface area (Å²) in [6.07, 6.45) is 3.92. The van der Waals surface area contributed by atoms with Gasteiger partial charge in [-0.2, -0.15) is 0 Å². The Morgan fingerprint density at radius 1 is 1.38 bits per heavy atom. The highest BCUT2D eigenvalue weighted by atomic mass is 16.5. The fourth-order valence-electron chi connectivity index (χ4n) is 0.876. The van der Waals surface area contributed by atoms with E-state index in [1.807, 2.05) is 31.2 Å². The predicted molar refractivity (Wildman–Crippen MR) is 51.5 cm³/mol. The minimum absolute atomic E-state index is 0.232. The van der Waals surface area contributed by atoms with Crippen LogP contribution in [0.1, 0.15) is 13.3 Å². The topological polar surface area (TPSA) is 26.3 Å². The van der Waals surface area contributed by atoms with E-state index >= 15 is 0 Å². The number of para-hydroxylation sites is 1. The predicted octanol–water partition coefficient (Wildman–Crippen LogP) is 2.56. The lowest BCUT2D eigenvalue weighted by molar-refractivity contribution is -0.133. The normalized spacial score (nSPS) is 10.2. The summed E-state index contributed by atoms with van der Waals surface area (Å²) in [7, 11) is 0. The van der Waals surface area contributed by atoms with Crippen LogP contribution in [0.4, 0.5) is 0 Å². The molecular weight excluding hydrogens is 164 g/mol. The van der Waals surface area contributed by atoms with Gasteiger partial charge < -0.3 is 4.74 Å². The Hall–Kier alpha value is -1.57. The lowest BCUT2D eigenvalue weighted by Gasteiger charge is -2.00. The maximum Gasteiger partial charge on any atom is 0.315 e. The number of carbonyl (C=O) groups excluding carboxylic acids is 1. The van der Waals surface area contributed by atoms with Gasteiger partial charge in [-0.05, 0) is 19.1 Å². The van der Waals surface area contributed by atoms with Crippen molar-refractivity contribution in [3.8, 4) is 5.75 Å². The molecule has 0 atom stereocenters. The molecule has 1 aromatic carbocycles. The number of carbonyl (C=O) groups is 1. The van der Waals surface area contributed by atoms with Crippen molar-refractivity contribution >= 4 is 5.97 Å². The fourth-order valence-corrected chi connectivity index (χ4v) is 0.876. The molecule has 1 rings (SSSR count). The Balaban J connectivity index is 2.46. The smallest absolute Gasteiger partial charge is 0.315 e. The van der Waals surface area contributed by atoms with Gasteiger partial charge in [0.25, 0.3) is 0 Å². The van der Waals surface area contributed by atoms with Crippen LogP contribution in [0.3, 0.4) is 0 Å². The summed E-state index contributed by atoms with van der Waals surface area (Å²) in [5.74, 6) is 0.362. The molecule has 0 fully saturated rings. The van der Waals surface area contributed by atoms with Crippen LogP contribution in [-0.2, 0) is 4.79 Å². The first-order valence-corrected chi connectivity index (χ1v) is 4.20. The van der Waals surface area contributed by atoms with E-state index in [0.717, 1.165) is 0 Å². The molecule has 68 valence electrons. The van der Waals surface area contributed by atoms with Crippen molar-refractivity contribution < 1.29 is 9.53 Å². The first kappa shape index (κ1) is 9.52. The Morgan fingerprint density at radius 3 is 2.69 bits per heavy atom. The van der Waals surface area contributed by atoms with E-state index < -0.39 is 0 Å². The second-order valence-electron chi connectivity index (χ2n) is 2.56. The lowest BCUT2D eigenvalue weighted by Crippen LogP contribution is -2.05. The summed E-state index contributed by atoms with van der Waals surface area (Å²) >= 11 is 0. The molecule has 0 aliphatic carbocycles. The largest absolute Gasteiger partial charge is 0.426 e. The van der Waals surface area contributed by atoms with E-state index in [0.29, 0.717) is 12.2 Å². The summed E-state index contributed by atoms with van der Waals surface area (Å²) in [4.78, 5) is 11.1. The van der Waals surface area contributed by atoms with Crippen molar-refractivity contribution in [2.75, 3.05) is 0 Å². The van der Waals surface area contributed by atoms with Crippen molar-refractivity contribution in [2.45, 2.75) is 13.3 Å². The number of allylic oxidation sites excluding steroid dienone is 1. The van der Waals surface area contributed by atoms with Gasteiger partial charge in [0.15, 0.2) is 0 Å². The van der Waals surface area contributed by atoms with Gasteiger partial charge in [-0.3, -0.25) is 4.79 Å². The molecule has 13 heavy (non-hydrogen) atoms. The van der Waals surface area contributed by atoms with Gasteiger partial charge in [0.2, 0.25) is 0 Å². The minimum atomic E-state index is -0.232. The summed E-state index contributed by atoms with van der Waals surface area (Å²) in [5, 5.41) is 0. The third-order valence-electron chi connectivity index (χ3n) is 1.50. The van der Waals surface area contributed by atoms with Gasteiger partial charge in [0.1, 0.15) is 5.75 Å². The summed E-state index contributed by atoms with van der Waals surface area (Å²) in [6.45, 7) is 1.87. The van der Waals surface area contributed by atoms with Gasteiger partial charge >= 0.3 is 5.97 Å². The highest BCUT2D eigenvalue weighted by molar-refractivity contribution is 5.73. The Kier molecular flexibility index (Phi) is 3.76. The molecule has 0 N–H and O–H groups in total. The fraction of sp³-hybridized carbons (Fsp3) is 0.182. The Labute approximate surface area is 77.8 Å². The molecule has 0 radical (unpaired) electrons. The molecule has 0 bridgehead atoms. The van der Waals surface area contributed by atoms with Gasteiger partial charge in [-0.15, -0.1) is 0 Å². The Bertz CT molecular complexity index is 288. The molecule has 0 amide bonds. The molecule has 0 saturated carbocycles. The standard InChI is InChI=1S/C11H12O2/c1-2-3-9-11(12)13-10-7-5-4-6-8-10/h2-8H,9H2,1H3/b3-2+. The molecule has 0 aromatic heterocycles. The third-order valence-corrected chi connectivity index (χ3v) is 1.50. The first-order chi connectivity index (χ1) is 6.33. The number of esters is 1. The maximum absolute atomic E-state index is 11.1. The molecule has 2 nitrogen and oxygen atoms in total. The van der Waals surface area contributed by atoms with Crippen LogP contribution in [0, 0.1) is 0 Å². The lowest BCUT2D eigenvalue weighted by atomic mass is 10.3. The zero-order valence-corrected chi connectivity index (χ0v) is 7.57. The van der Waals surface area contributed by atoms with Crippen molar-refractivity contribution in [1.29, 1.82) is 0 Å². The second kappa shape index (κ2) is 5.14. The molecule has 0 heterocycles. The zero-order chi connectivity index (χ0) is 9.52.